The van der Waals surface area contributed by atoms with Gasteiger partial charge in [0.2, 0.25) is 0 Å². The van der Waals surface area contributed by atoms with E-state index in [0.29, 0.717) is 37.9 Å². The number of aldehydes is 1. The number of aliphatic hydroxyl groups excluding tert-OH is 1. The van der Waals surface area contributed by atoms with Gasteiger partial charge in [0.25, 0.3) is 0 Å². The van der Waals surface area contributed by atoms with Crippen molar-refractivity contribution in [2.45, 2.75) is 115 Å². The lowest BCUT2D eigenvalue weighted by Gasteiger charge is -2.34. The number of rotatable bonds is 17. The fourth-order valence-corrected chi connectivity index (χ4v) is 4.54. The molecule has 1 aliphatic heterocycles. The maximum atomic E-state index is 11.1. The van der Waals surface area contributed by atoms with Crippen molar-refractivity contribution in [1.82, 2.24) is 10.6 Å². The molecule has 7 heteroatoms. The van der Waals surface area contributed by atoms with Crippen LogP contribution in [0.2, 0.25) is 0 Å². The molecule has 1 saturated heterocycles. The molecular formula is C23H44N2O5. The molecule has 1 rings (SSSR count). The van der Waals surface area contributed by atoms with E-state index >= 15 is 0 Å². The van der Waals surface area contributed by atoms with E-state index in [9.17, 15) is 19.8 Å². The van der Waals surface area contributed by atoms with E-state index in [4.69, 9.17) is 5.11 Å². The molecule has 176 valence electrons. The molecule has 0 spiro atoms. The molecule has 0 amide bonds. The largest absolute Gasteiger partial charge is 0.481 e. The Morgan fingerprint density at radius 2 is 1.93 bits per heavy atom. The summed E-state index contributed by atoms with van der Waals surface area (Å²) in [5.74, 6) is -0.573. The highest BCUT2D eigenvalue weighted by Crippen LogP contribution is 2.25. The topological polar surface area (TPSA) is 119 Å². The molecule has 1 aliphatic rings. The fourth-order valence-electron chi connectivity index (χ4n) is 4.54. The van der Waals surface area contributed by atoms with Crippen molar-refractivity contribution < 1.29 is 24.9 Å². The maximum Gasteiger partial charge on any atom is 0.306 e. The SMILES string of the molecule is CCNCC(O)(CCCCCCCC(CC=O)CC1CCC(O)C(C)N1)CC(=O)O. The van der Waals surface area contributed by atoms with Crippen molar-refractivity contribution in [3.8, 4) is 0 Å². The van der Waals surface area contributed by atoms with Crippen LogP contribution in [0.1, 0.15) is 90.9 Å². The van der Waals surface area contributed by atoms with Gasteiger partial charge in [0.1, 0.15) is 6.29 Å². The summed E-state index contributed by atoms with van der Waals surface area (Å²) in [6, 6.07) is 0.505. The van der Waals surface area contributed by atoms with Crippen LogP contribution in [0, 0.1) is 5.92 Å². The monoisotopic (exact) mass is 428 g/mol. The first kappa shape index (κ1) is 27.0. The molecule has 0 aromatic heterocycles. The van der Waals surface area contributed by atoms with Crippen LogP contribution in [-0.4, -0.2) is 64.5 Å². The second-order valence-electron chi connectivity index (χ2n) is 9.18. The lowest BCUT2D eigenvalue weighted by molar-refractivity contribution is -0.142. The lowest BCUT2D eigenvalue weighted by atomic mass is 9.86. The van der Waals surface area contributed by atoms with Gasteiger partial charge in [-0.05, 0) is 51.5 Å². The molecule has 1 heterocycles. The number of carbonyl (C=O) groups is 2. The Morgan fingerprint density at radius 1 is 1.23 bits per heavy atom. The summed E-state index contributed by atoms with van der Waals surface area (Å²) >= 11 is 0. The summed E-state index contributed by atoms with van der Waals surface area (Å²) < 4.78 is 0. The van der Waals surface area contributed by atoms with Crippen molar-refractivity contribution >= 4 is 12.3 Å². The third kappa shape index (κ3) is 11.4. The molecule has 30 heavy (non-hydrogen) atoms. The second-order valence-corrected chi connectivity index (χ2v) is 9.18. The van der Waals surface area contributed by atoms with Crippen LogP contribution in [0.15, 0.2) is 0 Å². The number of unbranched alkanes of at least 4 members (excludes halogenated alkanes) is 4. The first-order chi connectivity index (χ1) is 14.3. The number of hydrogen-bond donors (Lipinski definition) is 5. The minimum Gasteiger partial charge on any atom is -0.481 e. The van der Waals surface area contributed by atoms with Gasteiger partial charge in [0.15, 0.2) is 0 Å². The summed E-state index contributed by atoms with van der Waals surface area (Å²) in [4.78, 5) is 22.1. The van der Waals surface area contributed by atoms with Gasteiger partial charge >= 0.3 is 5.97 Å². The van der Waals surface area contributed by atoms with Gasteiger partial charge in [-0.25, -0.2) is 0 Å². The highest BCUT2D eigenvalue weighted by Gasteiger charge is 2.29. The van der Waals surface area contributed by atoms with Gasteiger partial charge < -0.3 is 30.7 Å². The molecule has 0 aliphatic carbocycles. The van der Waals surface area contributed by atoms with Gasteiger partial charge in [0, 0.05) is 25.0 Å². The number of nitrogens with one attached hydrogen (secondary N) is 2. The number of aliphatic hydroxyl groups is 2. The van der Waals surface area contributed by atoms with Crippen molar-refractivity contribution in [2.75, 3.05) is 13.1 Å². The molecule has 0 aromatic carbocycles. The van der Waals surface area contributed by atoms with E-state index < -0.39 is 11.6 Å². The van der Waals surface area contributed by atoms with Crippen LogP contribution in [0.5, 0.6) is 0 Å². The second kappa shape index (κ2) is 14.9. The van der Waals surface area contributed by atoms with Crippen LogP contribution < -0.4 is 10.6 Å². The van der Waals surface area contributed by atoms with E-state index in [1.54, 1.807) is 0 Å². The number of hydrogen-bond acceptors (Lipinski definition) is 6. The van der Waals surface area contributed by atoms with Crippen molar-refractivity contribution in [1.29, 1.82) is 0 Å². The van der Waals surface area contributed by atoms with E-state index in [-0.39, 0.29) is 18.6 Å². The predicted octanol–water partition coefficient (Wildman–Crippen LogP) is 2.63. The maximum absolute atomic E-state index is 11.1. The first-order valence-corrected chi connectivity index (χ1v) is 11.8. The van der Waals surface area contributed by atoms with Crippen LogP contribution in [0.4, 0.5) is 0 Å². The Kier molecular flexibility index (Phi) is 13.4. The average molecular weight is 429 g/mol. The molecule has 0 bridgehead atoms. The van der Waals surface area contributed by atoms with Gasteiger partial charge in [-0.15, -0.1) is 0 Å². The summed E-state index contributed by atoms with van der Waals surface area (Å²) in [7, 11) is 0. The number of carbonyl (C=O) groups excluding carboxylic acids is 1. The Morgan fingerprint density at radius 3 is 2.57 bits per heavy atom. The Bertz CT molecular complexity index is 490. The van der Waals surface area contributed by atoms with Gasteiger partial charge in [-0.1, -0.05) is 39.0 Å². The highest BCUT2D eigenvalue weighted by atomic mass is 16.4. The normalized spacial score (nSPS) is 24.9. The number of aliphatic carboxylic acids is 1. The van der Waals surface area contributed by atoms with Gasteiger partial charge in [0.05, 0.1) is 18.1 Å². The molecule has 5 unspecified atom stereocenters. The van der Waals surface area contributed by atoms with E-state index in [0.717, 1.165) is 64.1 Å². The van der Waals surface area contributed by atoms with E-state index in [2.05, 4.69) is 10.6 Å². The van der Waals surface area contributed by atoms with Crippen LogP contribution in [0.3, 0.4) is 0 Å². The van der Waals surface area contributed by atoms with Crippen molar-refractivity contribution in [3.63, 3.8) is 0 Å². The Labute approximate surface area is 182 Å². The zero-order chi connectivity index (χ0) is 22.4. The molecular weight excluding hydrogens is 384 g/mol. The molecule has 0 aromatic rings. The van der Waals surface area contributed by atoms with Gasteiger partial charge in [-0.2, -0.15) is 0 Å². The van der Waals surface area contributed by atoms with E-state index in [1.807, 2.05) is 13.8 Å². The average Bonchev–Trinajstić information content (AvgIpc) is 2.68. The number of carboxylic acids is 1. The van der Waals surface area contributed by atoms with Crippen LogP contribution in [0.25, 0.3) is 0 Å². The quantitative estimate of drug-likeness (QED) is 0.178. The zero-order valence-electron chi connectivity index (χ0n) is 18.9. The molecule has 7 nitrogen and oxygen atoms in total. The summed E-state index contributed by atoms with van der Waals surface area (Å²) in [6.45, 7) is 4.97. The van der Waals surface area contributed by atoms with Crippen molar-refractivity contribution in [3.05, 3.63) is 0 Å². The highest BCUT2D eigenvalue weighted by molar-refractivity contribution is 5.68. The van der Waals surface area contributed by atoms with Gasteiger partial charge in [-0.3, -0.25) is 4.79 Å². The Hall–Kier alpha value is -1.02. The standard InChI is InChI=1S/C23H44N2O5/c1-3-24-17-23(30,16-22(28)29)13-8-6-4-5-7-9-19(12-14-26)15-20-10-11-21(27)18(2)25-20/h14,18-21,24-25,27,30H,3-13,15-17H2,1-2H3,(H,28,29). The minimum atomic E-state index is -1.17. The van der Waals surface area contributed by atoms with E-state index in [1.165, 1.54) is 0 Å². The zero-order valence-corrected chi connectivity index (χ0v) is 18.9. The number of piperidine rings is 1. The third-order valence-electron chi connectivity index (χ3n) is 6.37. The smallest absolute Gasteiger partial charge is 0.306 e. The summed E-state index contributed by atoms with van der Waals surface area (Å²) in [6.07, 6.45) is 10.5. The van der Waals surface area contributed by atoms with Crippen LogP contribution in [-0.2, 0) is 9.59 Å². The van der Waals surface area contributed by atoms with Crippen LogP contribution >= 0.6 is 0 Å². The Balaban J connectivity index is 2.23. The third-order valence-corrected chi connectivity index (χ3v) is 6.37. The molecule has 0 saturated carbocycles. The molecule has 5 atom stereocenters. The summed E-state index contributed by atoms with van der Waals surface area (Å²) in [5.41, 5.74) is -1.17. The lowest BCUT2D eigenvalue weighted by Crippen LogP contribution is -2.49. The fraction of sp³-hybridized carbons (Fsp3) is 0.913. The van der Waals surface area contributed by atoms with Crippen molar-refractivity contribution in [2.24, 2.45) is 5.92 Å². The number of carboxylic acid groups (broad SMARTS) is 1. The molecule has 0 radical (unpaired) electrons. The molecule has 5 N–H and O–H groups in total. The summed E-state index contributed by atoms with van der Waals surface area (Å²) in [5, 5.41) is 36.0. The predicted molar refractivity (Wildman–Crippen MR) is 118 cm³/mol. The number of likely N-dealkylation sites (N-methyl/N-ethyl adjacent to an activating group) is 1. The minimum absolute atomic E-state index is 0.118. The first-order valence-electron chi connectivity index (χ1n) is 11.8. The molecule has 1 fully saturated rings.